The highest BCUT2D eigenvalue weighted by atomic mass is 32.1. The van der Waals surface area contributed by atoms with E-state index in [1.165, 1.54) is 23.5 Å². The van der Waals surface area contributed by atoms with Crippen LogP contribution in [0.2, 0.25) is 0 Å². The van der Waals surface area contributed by atoms with Crippen LogP contribution in [0, 0.1) is 13.8 Å². The van der Waals surface area contributed by atoms with Gasteiger partial charge in [0.1, 0.15) is 5.01 Å². The van der Waals surface area contributed by atoms with Gasteiger partial charge in [-0.25, -0.2) is 4.98 Å². The fourth-order valence-electron chi connectivity index (χ4n) is 2.61. The number of nitrogens with zero attached hydrogens (tertiary/aromatic N) is 1. The molecule has 3 rings (SSSR count). The van der Waals surface area contributed by atoms with Gasteiger partial charge in [0.2, 0.25) is 0 Å². The van der Waals surface area contributed by atoms with Gasteiger partial charge in [-0.3, -0.25) is 0 Å². The van der Waals surface area contributed by atoms with Crippen molar-refractivity contribution in [3.8, 4) is 10.6 Å². The van der Waals surface area contributed by atoms with E-state index >= 15 is 0 Å². The van der Waals surface area contributed by atoms with Gasteiger partial charge in [0.15, 0.2) is 0 Å². The fraction of sp³-hybridized carbons (Fsp3) is 0.211. The summed E-state index contributed by atoms with van der Waals surface area (Å²) in [7, 11) is 0. The van der Waals surface area contributed by atoms with Crippen LogP contribution in [0.1, 0.15) is 27.9 Å². The van der Waals surface area contributed by atoms with E-state index < -0.39 is 11.7 Å². The van der Waals surface area contributed by atoms with Gasteiger partial charge in [-0.15, -0.1) is 11.3 Å². The molecular weight excluding hydrogens is 345 g/mol. The second kappa shape index (κ2) is 6.52. The van der Waals surface area contributed by atoms with Gasteiger partial charge < -0.3 is 5.73 Å². The highest BCUT2D eigenvalue weighted by Gasteiger charge is 2.30. The van der Waals surface area contributed by atoms with Crippen LogP contribution in [-0.4, -0.2) is 4.98 Å². The molecule has 0 aliphatic rings. The minimum atomic E-state index is -4.32. The van der Waals surface area contributed by atoms with E-state index in [4.69, 9.17) is 5.73 Å². The smallest absolute Gasteiger partial charge is 0.399 e. The average Bonchev–Trinajstić information content (AvgIpc) is 3.00. The molecule has 2 nitrogen and oxygen atoms in total. The maximum Gasteiger partial charge on any atom is 0.416 e. The van der Waals surface area contributed by atoms with Crippen molar-refractivity contribution in [1.29, 1.82) is 0 Å². The molecule has 0 fully saturated rings. The third-order valence-electron chi connectivity index (χ3n) is 4.11. The summed E-state index contributed by atoms with van der Waals surface area (Å²) in [4.78, 5) is 4.57. The molecule has 0 saturated carbocycles. The maximum atomic E-state index is 12.6. The highest BCUT2D eigenvalue weighted by Crippen LogP contribution is 2.32. The number of aryl methyl sites for hydroxylation is 2. The Morgan fingerprint density at radius 3 is 2.36 bits per heavy atom. The van der Waals surface area contributed by atoms with Gasteiger partial charge in [0.05, 0.1) is 11.3 Å². The Hall–Kier alpha value is -2.34. The van der Waals surface area contributed by atoms with Gasteiger partial charge in [-0.05, 0) is 48.7 Å². The standard InChI is InChI=1S/C19H17F3N2S/c1-11-8-17(23)12(2)7-14(11)9-16-10-25-18(24-16)13-3-5-15(6-4-13)19(20,21)22/h3-8,10H,9,23H2,1-2H3. The minimum absolute atomic E-state index is 0.652. The number of thiazole rings is 1. The highest BCUT2D eigenvalue weighted by molar-refractivity contribution is 7.13. The lowest BCUT2D eigenvalue weighted by Gasteiger charge is -2.08. The van der Waals surface area contributed by atoms with Crippen molar-refractivity contribution >= 4 is 17.0 Å². The molecule has 2 aromatic carbocycles. The predicted molar refractivity (Wildman–Crippen MR) is 95.7 cm³/mol. The third-order valence-corrected chi connectivity index (χ3v) is 5.05. The Morgan fingerprint density at radius 1 is 1.04 bits per heavy atom. The van der Waals surface area contributed by atoms with Gasteiger partial charge in [0, 0.05) is 23.1 Å². The molecule has 1 aromatic heterocycles. The molecule has 0 bridgehead atoms. The third kappa shape index (κ3) is 3.85. The van der Waals surface area contributed by atoms with Crippen LogP contribution >= 0.6 is 11.3 Å². The molecule has 0 amide bonds. The van der Waals surface area contributed by atoms with Gasteiger partial charge in [0.25, 0.3) is 0 Å². The largest absolute Gasteiger partial charge is 0.416 e. The lowest BCUT2D eigenvalue weighted by molar-refractivity contribution is -0.137. The van der Waals surface area contributed by atoms with Crippen molar-refractivity contribution in [2.24, 2.45) is 0 Å². The number of nitrogen functional groups attached to an aromatic ring is 1. The van der Waals surface area contributed by atoms with Crippen molar-refractivity contribution in [1.82, 2.24) is 4.98 Å². The van der Waals surface area contributed by atoms with E-state index in [0.717, 1.165) is 40.2 Å². The number of anilines is 1. The number of aromatic nitrogens is 1. The second-order valence-corrected chi connectivity index (χ2v) is 6.89. The van der Waals surface area contributed by atoms with E-state index in [2.05, 4.69) is 11.1 Å². The molecule has 1 heterocycles. The molecule has 3 aromatic rings. The fourth-order valence-corrected chi connectivity index (χ4v) is 3.43. The number of rotatable bonds is 3. The van der Waals surface area contributed by atoms with Crippen LogP contribution in [0.3, 0.4) is 0 Å². The van der Waals surface area contributed by atoms with Gasteiger partial charge >= 0.3 is 6.18 Å². The van der Waals surface area contributed by atoms with Crippen LogP contribution < -0.4 is 5.73 Å². The molecule has 25 heavy (non-hydrogen) atoms. The molecule has 130 valence electrons. The van der Waals surface area contributed by atoms with E-state index in [1.54, 1.807) is 0 Å². The first-order valence-electron chi connectivity index (χ1n) is 7.71. The number of alkyl halides is 3. The predicted octanol–water partition coefficient (Wildman–Crippen LogP) is 5.62. The van der Waals surface area contributed by atoms with Crippen molar-refractivity contribution in [3.63, 3.8) is 0 Å². The molecule has 0 aliphatic heterocycles. The maximum absolute atomic E-state index is 12.6. The number of hydrogen-bond donors (Lipinski definition) is 1. The zero-order valence-electron chi connectivity index (χ0n) is 13.8. The molecule has 0 spiro atoms. The van der Waals surface area contributed by atoms with Crippen LogP contribution in [0.4, 0.5) is 18.9 Å². The quantitative estimate of drug-likeness (QED) is 0.614. The molecule has 0 aliphatic carbocycles. The molecule has 0 radical (unpaired) electrons. The Labute approximate surface area is 148 Å². The number of benzene rings is 2. The molecule has 0 atom stereocenters. The average molecular weight is 362 g/mol. The van der Waals surface area contributed by atoms with Crippen LogP contribution in [0.5, 0.6) is 0 Å². The number of nitrogens with two attached hydrogens (primary N) is 1. The Morgan fingerprint density at radius 2 is 1.72 bits per heavy atom. The van der Waals surface area contributed by atoms with Crippen molar-refractivity contribution in [2.45, 2.75) is 26.4 Å². The zero-order valence-corrected chi connectivity index (χ0v) is 14.6. The summed E-state index contributed by atoms with van der Waals surface area (Å²) >= 11 is 1.43. The summed E-state index contributed by atoms with van der Waals surface area (Å²) in [6.07, 6.45) is -3.65. The summed E-state index contributed by atoms with van der Waals surface area (Å²) in [6, 6.07) is 9.11. The van der Waals surface area contributed by atoms with E-state index in [9.17, 15) is 13.2 Å². The molecule has 0 unspecified atom stereocenters. The first-order chi connectivity index (χ1) is 11.7. The zero-order chi connectivity index (χ0) is 18.2. The van der Waals surface area contributed by atoms with E-state index in [1.807, 2.05) is 25.3 Å². The monoisotopic (exact) mass is 362 g/mol. The van der Waals surface area contributed by atoms with Gasteiger partial charge in [-0.2, -0.15) is 13.2 Å². The van der Waals surface area contributed by atoms with Crippen LogP contribution in [-0.2, 0) is 12.6 Å². The summed E-state index contributed by atoms with van der Waals surface area (Å²) in [5, 5.41) is 2.66. The molecule has 6 heteroatoms. The molecular formula is C19H17F3N2S. The Bertz CT molecular complexity index is 896. The summed E-state index contributed by atoms with van der Waals surface area (Å²) in [5.41, 5.74) is 10.9. The second-order valence-electron chi connectivity index (χ2n) is 6.03. The summed E-state index contributed by atoms with van der Waals surface area (Å²) in [6.45, 7) is 3.97. The van der Waals surface area contributed by atoms with E-state index in [-0.39, 0.29) is 0 Å². The molecule has 2 N–H and O–H groups in total. The topological polar surface area (TPSA) is 38.9 Å². The minimum Gasteiger partial charge on any atom is -0.399 e. The Kier molecular flexibility index (Phi) is 4.56. The summed E-state index contributed by atoms with van der Waals surface area (Å²) < 4.78 is 37.9. The SMILES string of the molecule is Cc1cc(Cc2csc(-c3ccc(C(F)(F)F)cc3)n2)c(C)cc1N. The van der Waals surface area contributed by atoms with Gasteiger partial charge in [-0.1, -0.05) is 18.2 Å². The van der Waals surface area contributed by atoms with Crippen molar-refractivity contribution in [2.75, 3.05) is 5.73 Å². The number of hydrogen-bond acceptors (Lipinski definition) is 3. The van der Waals surface area contributed by atoms with E-state index in [0.29, 0.717) is 17.0 Å². The van der Waals surface area contributed by atoms with Crippen molar-refractivity contribution < 1.29 is 13.2 Å². The van der Waals surface area contributed by atoms with Crippen molar-refractivity contribution in [3.05, 3.63) is 69.7 Å². The lowest BCUT2D eigenvalue weighted by Crippen LogP contribution is -2.03. The lowest BCUT2D eigenvalue weighted by atomic mass is 10.0. The first kappa shape index (κ1) is 17.5. The molecule has 0 saturated heterocycles. The normalized spacial score (nSPS) is 11.7. The number of halogens is 3. The van der Waals surface area contributed by atoms with Crippen LogP contribution in [0.25, 0.3) is 10.6 Å². The summed E-state index contributed by atoms with van der Waals surface area (Å²) in [5.74, 6) is 0. The van der Waals surface area contributed by atoms with Crippen LogP contribution in [0.15, 0.2) is 41.8 Å². The Balaban J connectivity index is 1.82. The first-order valence-corrected chi connectivity index (χ1v) is 8.59.